The van der Waals surface area contributed by atoms with Crippen molar-refractivity contribution in [1.29, 1.82) is 0 Å². The lowest BCUT2D eigenvalue weighted by Crippen LogP contribution is -2.23. The first-order chi connectivity index (χ1) is 19.0. The zero-order valence-corrected chi connectivity index (χ0v) is 24.4. The molecule has 0 N–H and O–H groups in total. The van der Waals surface area contributed by atoms with Gasteiger partial charge in [-0.05, 0) is 68.2 Å². The number of aromatic nitrogens is 2. The molecule has 0 saturated carbocycles. The van der Waals surface area contributed by atoms with Crippen LogP contribution in [-0.4, -0.2) is 42.2 Å². The van der Waals surface area contributed by atoms with Crippen LogP contribution in [-0.2, 0) is 11.2 Å². The number of benzene rings is 3. The highest BCUT2D eigenvalue weighted by Gasteiger charge is 2.30. The number of imidazole rings is 1. The van der Waals surface area contributed by atoms with Gasteiger partial charge in [0, 0.05) is 28.0 Å². The summed E-state index contributed by atoms with van der Waals surface area (Å²) in [5.41, 5.74) is 1.98. The van der Waals surface area contributed by atoms with E-state index >= 15 is 0 Å². The molecular weight excluding hydrogens is 555 g/mol. The van der Waals surface area contributed by atoms with Gasteiger partial charge in [-0.25, -0.2) is 18.2 Å². The molecule has 4 rings (SSSR count). The van der Waals surface area contributed by atoms with Crippen molar-refractivity contribution in [1.82, 2.24) is 14.5 Å². The highest BCUT2D eigenvalue weighted by Crippen LogP contribution is 2.39. The van der Waals surface area contributed by atoms with Crippen LogP contribution < -0.4 is 4.74 Å². The number of methoxy groups -OCH3 is 1. The molecule has 0 aliphatic heterocycles. The second kappa shape index (κ2) is 12.4. The number of rotatable bonds is 8. The number of halogens is 4. The van der Waals surface area contributed by atoms with Crippen LogP contribution in [0.4, 0.5) is 13.2 Å². The fourth-order valence-corrected chi connectivity index (χ4v) is 5.37. The first kappa shape index (κ1) is 29.6. The van der Waals surface area contributed by atoms with Crippen LogP contribution in [0.1, 0.15) is 36.2 Å². The standard InChI is InChI=1S/C31H29ClF3N3OS/c1-31(2,21-8-13-25(32)28(17-21)39-5)29-18-36-30(38(29)23-11-9-22(33)10-12-23)40-19-24-26(34)15-20(16-27(24)35)7-6-14-37(3)4/h8-13,15-18H,14,19H2,1-5H3. The third-order valence-electron chi connectivity index (χ3n) is 6.44. The second-order valence-electron chi connectivity index (χ2n) is 9.96. The van der Waals surface area contributed by atoms with E-state index in [0.717, 1.165) is 11.3 Å². The smallest absolute Gasteiger partial charge is 0.173 e. The number of thioether (sulfide) groups is 1. The van der Waals surface area contributed by atoms with E-state index in [1.807, 2.05) is 49.5 Å². The molecular formula is C31H29ClF3N3OS. The lowest BCUT2D eigenvalue weighted by Gasteiger charge is -2.28. The largest absolute Gasteiger partial charge is 0.495 e. The van der Waals surface area contributed by atoms with Crippen molar-refractivity contribution in [2.24, 2.45) is 0 Å². The SMILES string of the molecule is COc1cc(C(C)(C)c2cnc(SCc3c(F)cc(C#CCN(C)C)cc3F)n2-c2ccc(F)cc2)ccc1Cl. The lowest BCUT2D eigenvalue weighted by molar-refractivity contribution is 0.413. The Morgan fingerprint density at radius 3 is 2.33 bits per heavy atom. The first-order valence-electron chi connectivity index (χ1n) is 12.4. The Labute approximate surface area is 242 Å². The summed E-state index contributed by atoms with van der Waals surface area (Å²) in [5, 5.41) is 0.994. The Morgan fingerprint density at radius 2 is 1.70 bits per heavy atom. The van der Waals surface area contributed by atoms with Crippen molar-refractivity contribution in [2.75, 3.05) is 27.7 Å². The van der Waals surface area contributed by atoms with Crippen molar-refractivity contribution >= 4 is 23.4 Å². The van der Waals surface area contributed by atoms with E-state index in [2.05, 4.69) is 16.8 Å². The van der Waals surface area contributed by atoms with Gasteiger partial charge >= 0.3 is 0 Å². The predicted molar refractivity (Wildman–Crippen MR) is 155 cm³/mol. The van der Waals surface area contributed by atoms with E-state index in [9.17, 15) is 13.2 Å². The number of hydrogen-bond acceptors (Lipinski definition) is 4. The molecule has 208 valence electrons. The summed E-state index contributed by atoms with van der Waals surface area (Å²) < 4.78 is 51.0. The second-order valence-corrected chi connectivity index (χ2v) is 11.3. The predicted octanol–water partition coefficient (Wildman–Crippen LogP) is 7.48. The van der Waals surface area contributed by atoms with Gasteiger partial charge in [-0.1, -0.05) is 55.1 Å². The monoisotopic (exact) mass is 583 g/mol. The van der Waals surface area contributed by atoms with Gasteiger partial charge in [0.2, 0.25) is 0 Å². The van der Waals surface area contributed by atoms with Crippen LogP contribution in [0.25, 0.3) is 5.69 Å². The maximum atomic E-state index is 15.0. The molecule has 0 amide bonds. The Hall–Kier alpha value is -3.38. The fraction of sp³-hybridized carbons (Fsp3) is 0.258. The van der Waals surface area contributed by atoms with Gasteiger partial charge in [0.05, 0.1) is 30.6 Å². The summed E-state index contributed by atoms with van der Waals surface area (Å²) in [6.45, 7) is 4.53. The molecule has 0 aliphatic rings. The Morgan fingerprint density at radius 1 is 1.02 bits per heavy atom. The van der Waals surface area contributed by atoms with Crippen molar-refractivity contribution < 1.29 is 17.9 Å². The van der Waals surface area contributed by atoms with Gasteiger partial charge in [-0.15, -0.1) is 0 Å². The third-order valence-corrected chi connectivity index (χ3v) is 7.73. The molecule has 9 heteroatoms. The van der Waals surface area contributed by atoms with E-state index in [1.54, 1.807) is 31.5 Å². The molecule has 1 aromatic heterocycles. The van der Waals surface area contributed by atoms with Crippen molar-refractivity contribution in [3.05, 3.63) is 106 Å². The van der Waals surface area contributed by atoms with Crippen LogP contribution in [0.5, 0.6) is 5.75 Å². The van der Waals surface area contributed by atoms with Gasteiger partial charge < -0.3 is 4.74 Å². The quantitative estimate of drug-likeness (QED) is 0.159. The molecule has 0 atom stereocenters. The molecule has 0 unspecified atom stereocenters. The maximum Gasteiger partial charge on any atom is 0.173 e. The maximum absolute atomic E-state index is 15.0. The summed E-state index contributed by atoms with van der Waals surface area (Å²) in [7, 11) is 5.28. The fourth-order valence-electron chi connectivity index (χ4n) is 4.16. The van der Waals surface area contributed by atoms with Crippen molar-refractivity contribution in [3.63, 3.8) is 0 Å². The topological polar surface area (TPSA) is 30.3 Å². The molecule has 0 fully saturated rings. The number of hydrogen-bond donors (Lipinski definition) is 0. The molecule has 4 aromatic rings. The zero-order chi connectivity index (χ0) is 29.0. The molecule has 4 nitrogen and oxygen atoms in total. The lowest BCUT2D eigenvalue weighted by atomic mass is 9.81. The van der Waals surface area contributed by atoms with E-state index in [1.165, 1.54) is 36.0 Å². The average molecular weight is 584 g/mol. The van der Waals surface area contributed by atoms with Crippen LogP contribution >= 0.6 is 23.4 Å². The summed E-state index contributed by atoms with van der Waals surface area (Å²) in [6.07, 6.45) is 1.73. The molecule has 3 aromatic carbocycles. The van der Waals surface area contributed by atoms with E-state index < -0.39 is 17.0 Å². The summed E-state index contributed by atoms with van der Waals surface area (Å²) in [5.74, 6) is 4.50. The molecule has 0 bridgehead atoms. The Kier molecular flexibility index (Phi) is 9.19. The van der Waals surface area contributed by atoms with E-state index in [0.29, 0.717) is 28.2 Å². The van der Waals surface area contributed by atoms with Gasteiger partial charge in [-0.3, -0.25) is 9.47 Å². The van der Waals surface area contributed by atoms with Gasteiger partial charge in [0.15, 0.2) is 5.16 Å². The first-order valence-corrected chi connectivity index (χ1v) is 13.8. The zero-order valence-electron chi connectivity index (χ0n) is 22.9. The highest BCUT2D eigenvalue weighted by molar-refractivity contribution is 7.98. The summed E-state index contributed by atoms with van der Waals surface area (Å²) >= 11 is 7.45. The average Bonchev–Trinajstić information content (AvgIpc) is 3.33. The molecule has 0 spiro atoms. The summed E-state index contributed by atoms with van der Waals surface area (Å²) in [6, 6.07) is 14.1. The van der Waals surface area contributed by atoms with Gasteiger partial charge in [0.1, 0.15) is 23.2 Å². The number of ether oxygens (including phenoxy) is 1. The molecule has 0 saturated heterocycles. The Bertz CT molecular complexity index is 1550. The van der Waals surface area contributed by atoms with Crippen molar-refractivity contribution in [3.8, 4) is 23.3 Å². The van der Waals surface area contributed by atoms with Crippen LogP contribution in [0.15, 0.2) is 66.0 Å². The molecule has 0 aliphatic carbocycles. The highest BCUT2D eigenvalue weighted by atomic mass is 35.5. The van der Waals surface area contributed by atoms with Gasteiger partial charge in [0.25, 0.3) is 0 Å². The van der Waals surface area contributed by atoms with E-state index in [-0.39, 0.29) is 22.7 Å². The van der Waals surface area contributed by atoms with Crippen molar-refractivity contribution in [2.45, 2.75) is 30.2 Å². The van der Waals surface area contributed by atoms with Crippen LogP contribution in [0.2, 0.25) is 5.02 Å². The molecule has 0 radical (unpaired) electrons. The van der Waals surface area contributed by atoms with E-state index in [4.69, 9.17) is 16.3 Å². The normalized spacial score (nSPS) is 11.4. The molecule has 1 heterocycles. The minimum absolute atomic E-state index is 0.00405. The minimum Gasteiger partial charge on any atom is -0.495 e. The third kappa shape index (κ3) is 6.49. The van der Waals surface area contributed by atoms with Gasteiger partial charge in [-0.2, -0.15) is 0 Å². The van der Waals surface area contributed by atoms with Crippen LogP contribution in [0.3, 0.4) is 0 Å². The molecule has 40 heavy (non-hydrogen) atoms. The number of nitrogens with zero attached hydrogens (tertiary/aromatic N) is 3. The van der Waals surface area contributed by atoms with Crippen LogP contribution in [0, 0.1) is 29.3 Å². The minimum atomic E-state index is -0.671. The summed E-state index contributed by atoms with van der Waals surface area (Å²) in [4.78, 5) is 6.49. The Balaban J connectivity index is 1.71.